The van der Waals surface area contributed by atoms with Gasteiger partial charge in [-0.2, -0.15) is 0 Å². The zero-order valence-electron chi connectivity index (χ0n) is 20.6. The number of hydrogen-bond donors (Lipinski definition) is 4. The molecule has 0 aliphatic carbocycles. The zero-order chi connectivity index (χ0) is 27.8. The lowest BCUT2D eigenvalue weighted by Crippen LogP contribution is -2.51. The molecule has 0 bridgehead atoms. The fourth-order valence-electron chi connectivity index (χ4n) is 4.05. The molecule has 3 aromatic rings. The maximum absolute atomic E-state index is 12.8. The van der Waals surface area contributed by atoms with Crippen LogP contribution in [0.15, 0.2) is 41.4 Å². The average Bonchev–Trinajstić information content (AvgIpc) is 3.17. The number of carbonyl (C=O) groups excluding carboxylic acids is 1. The van der Waals surface area contributed by atoms with Gasteiger partial charge in [0.2, 0.25) is 11.3 Å². The Morgan fingerprint density at radius 1 is 1.18 bits per heavy atom. The molecule has 0 amide bonds. The standard InChI is InChI=1S/C24H27NO11S2/c1-12-16-6-5-15(9-17(16)25-24(12)37(3)30)35-38(31,32)36-20-8-14(13(2)27)4-7-19(20)33-22-10-18(28)23(29)21(11-26)34-22/h4-9,18,21-23,25-26,28-29H,10-11H2,1-3H3/t18-,21-,22-,23-,37?/m1/s1. The van der Waals surface area contributed by atoms with Crippen LogP contribution < -0.4 is 13.1 Å². The predicted octanol–water partition coefficient (Wildman–Crippen LogP) is 1.33. The Morgan fingerprint density at radius 2 is 1.92 bits per heavy atom. The number of fused-ring (bicyclic) bond motifs is 1. The van der Waals surface area contributed by atoms with Crippen molar-refractivity contribution in [3.63, 3.8) is 0 Å². The fraction of sp³-hybridized carbons (Fsp3) is 0.375. The summed E-state index contributed by atoms with van der Waals surface area (Å²) in [5.41, 5.74) is 1.40. The molecular formula is C24H27NO11S2. The Balaban J connectivity index is 1.59. The SMILES string of the molecule is CC(=O)c1ccc(O[C@H]2C[C@@H](O)[C@@H](O)[C@@H](CO)O2)c(OS(=O)(=O)Oc2ccc3c(C)c([S+](C)[O-])[nH]c3c2)c1. The monoisotopic (exact) mass is 569 g/mol. The van der Waals surface area contributed by atoms with Gasteiger partial charge in [0.25, 0.3) is 0 Å². The first-order chi connectivity index (χ1) is 17.9. The molecule has 38 heavy (non-hydrogen) atoms. The Morgan fingerprint density at radius 3 is 2.58 bits per heavy atom. The Hall–Kier alpha value is -2.85. The number of Topliss-reactive ketones (excluding diaryl/α,β-unsaturated/α-hetero) is 1. The van der Waals surface area contributed by atoms with Gasteiger partial charge < -0.3 is 42.7 Å². The highest BCUT2D eigenvalue weighted by atomic mass is 32.3. The summed E-state index contributed by atoms with van der Waals surface area (Å²) in [6.07, 6.45) is -3.57. The number of hydrogen-bond acceptors (Lipinski definition) is 11. The zero-order valence-corrected chi connectivity index (χ0v) is 22.2. The van der Waals surface area contributed by atoms with Crippen LogP contribution >= 0.6 is 0 Å². The van der Waals surface area contributed by atoms with E-state index in [0.29, 0.717) is 10.5 Å². The van der Waals surface area contributed by atoms with Gasteiger partial charge in [0, 0.05) is 40.2 Å². The third kappa shape index (κ3) is 6.07. The van der Waals surface area contributed by atoms with Gasteiger partial charge in [0.15, 0.2) is 17.3 Å². The van der Waals surface area contributed by atoms with Gasteiger partial charge in [-0.3, -0.25) is 4.79 Å². The van der Waals surface area contributed by atoms with Crippen molar-refractivity contribution >= 4 is 38.3 Å². The molecule has 2 aromatic carbocycles. The average molecular weight is 570 g/mol. The van der Waals surface area contributed by atoms with E-state index in [0.717, 1.165) is 17.0 Å². The van der Waals surface area contributed by atoms with Gasteiger partial charge in [-0.15, -0.1) is 8.42 Å². The number of aliphatic hydroxyl groups is 3. The number of rotatable bonds is 9. The quantitative estimate of drug-likeness (QED) is 0.215. The van der Waals surface area contributed by atoms with E-state index in [1.165, 1.54) is 37.4 Å². The van der Waals surface area contributed by atoms with Crippen LogP contribution in [-0.4, -0.2) is 76.5 Å². The van der Waals surface area contributed by atoms with Crippen LogP contribution in [0.25, 0.3) is 10.9 Å². The molecule has 0 spiro atoms. The van der Waals surface area contributed by atoms with Crippen LogP contribution in [0.2, 0.25) is 0 Å². The fourth-order valence-corrected chi connectivity index (χ4v) is 5.57. The van der Waals surface area contributed by atoms with E-state index in [1.807, 2.05) is 0 Å². The van der Waals surface area contributed by atoms with Crippen molar-refractivity contribution in [1.82, 2.24) is 4.98 Å². The number of aromatic nitrogens is 1. The van der Waals surface area contributed by atoms with Gasteiger partial charge in [0.1, 0.15) is 24.2 Å². The normalized spacial score (nSPS) is 22.7. The number of aryl methyl sites for hydroxylation is 1. The Kier molecular flexibility index (Phi) is 8.23. The lowest BCUT2D eigenvalue weighted by molar-refractivity contribution is -0.230. The summed E-state index contributed by atoms with van der Waals surface area (Å²) in [5, 5.41) is 30.6. The first kappa shape index (κ1) is 28.2. The van der Waals surface area contributed by atoms with Gasteiger partial charge >= 0.3 is 10.4 Å². The summed E-state index contributed by atoms with van der Waals surface area (Å²) in [5.74, 6) is -0.999. The molecule has 14 heteroatoms. The molecule has 206 valence electrons. The van der Waals surface area contributed by atoms with E-state index in [4.69, 9.17) is 17.8 Å². The number of benzene rings is 2. The smallest absolute Gasteiger partial charge is 0.501 e. The van der Waals surface area contributed by atoms with E-state index in [9.17, 15) is 33.1 Å². The van der Waals surface area contributed by atoms with Crippen LogP contribution in [-0.2, 0) is 26.3 Å². The Labute approximate surface area is 221 Å². The van der Waals surface area contributed by atoms with Gasteiger partial charge in [-0.25, -0.2) is 0 Å². The second-order valence-electron chi connectivity index (χ2n) is 8.73. The van der Waals surface area contributed by atoms with E-state index in [1.54, 1.807) is 13.0 Å². The summed E-state index contributed by atoms with van der Waals surface area (Å²) < 4.78 is 58.9. The number of ether oxygens (including phenoxy) is 2. The Bertz CT molecular complexity index is 1440. The number of aromatic amines is 1. The van der Waals surface area contributed by atoms with Crippen molar-refractivity contribution in [2.24, 2.45) is 0 Å². The number of nitrogens with one attached hydrogen (secondary N) is 1. The van der Waals surface area contributed by atoms with E-state index < -0.39 is 52.8 Å². The van der Waals surface area contributed by atoms with Crippen molar-refractivity contribution in [3.8, 4) is 17.2 Å². The highest BCUT2D eigenvalue weighted by Gasteiger charge is 2.38. The molecule has 1 aromatic heterocycles. The molecule has 12 nitrogen and oxygen atoms in total. The second kappa shape index (κ2) is 11.1. The molecule has 0 saturated carbocycles. The molecule has 4 N–H and O–H groups in total. The van der Waals surface area contributed by atoms with E-state index >= 15 is 0 Å². The third-order valence-electron chi connectivity index (χ3n) is 5.99. The number of H-pyrrole nitrogens is 1. The summed E-state index contributed by atoms with van der Waals surface area (Å²) in [6.45, 7) is 2.48. The van der Waals surface area contributed by atoms with Crippen molar-refractivity contribution in [2.45, 2.75) is 49.9 Å². The first-order valence-electron chi connectivity index (χ1n) is 11.4. The molecule has 4 rings (SSSR count). The summed E-state index contributed by atoms with van der Waals surface area (Å²) >= 11 is -1.28. The topological polar surface area (TPSA) is 188 Å². The molecular weight excluding hydrogens is 542 g/mol. The van der Waals surface area contributed by atoms with E-state index in [2.05, 4.69) is 4.98 Å². The van der Waals surface area contributed by atoms with Crippen LogP contribution in [0.1, 0.15) is 29.3 Å². The number of aliphatic hydroxyl groups excluding tert-OH is 3. The van der Waals surface area contributed by atoms with Crippen molar-refractivity contribution < 1.29 is 50.9 Å². The van der Waals surface area contributed by atoms with Gasteiger partial charge in [0.05, 0.1) is 18.2 Å². The molecule has 1 aliphatic rings. The van der Waals surface area contributed by atoms with E-state index in [-0.39, 0.29) is 35.0 Å². The molecule has 2 heterocycles. The molecule has 1 fully saturated rings. The molecule has 0 radical (unpaired) electrons. The lowest BCUT2D eigenvalue weighted by atomic mass is 10.0. The minimum absolute atomic E-state index is 0.0871. The van der Waals surface area contributed by atoms with Crippen molar-refractivity contribution in [2.75, 3.05) is 12.9 Å². The molecule has 1 saturated heterocycles. The highest BCUT2D eigenvalue weighted by molar-refractivity contribution is 7.90. The molecule has 1 aliphatic heterocycles. The number of ketones is 1. The van der Waals surface area contributed by atoms with Crippen LogP contribution in [0.5, 0.6) is 17.2 Å². The lowest BCUT2D eigenvalue weighted by Gasteiger charge is -2.36. The second-order valence-corrected chi connectivity index (χ2v) is 11.2. The van der Waals surface area contributed by atoms with Crippen molar-refractivity contribution in [3.05, 3.63) is 47.5 Å². The minimum Gasteiger partial charge on any atom is -0.610 e. The van der Waals surface area contributed by atoms with Crippen LogP contribution in [0, 0.1) is 6.92 Å². The summed E-state index contributed by atoms with van der Waals surface area (Å²) in [7, 11) is -4.75. The summed E-state index contributed by atoms with van der Waals surface area (Å²) in [4.78, 5) is 14.9. The first-order valence-corrected chi connectivity index (χ1v) is 14.3. The number of carbonyl (C=O) groups is 1. The highest BCUT2D eigenvalue weighted by Crippen LogP contribution is 2.34. The van der Waals surface area contributed by atoms with Gasteiger partial charge in [-0.1, -0.05) is 0 Å². The largest absolute Gasteiger partial charge is 0.610 e. The summed E-state index contributed by atoms with van der Waals surface area (Å²) in [6, 6.07) is 8.26. The minimum atomic E-state index is -4.75. The van der Waals surface area contributed by atoms with Crippen LogP contribution in [0.4, 0.5) is 0 Å². The third-order valence-corrected chi connectivity index (χ3v) is 7.75. The predicted molar refractivity (Wildman–Crippen MR) is 135 cm³/mol. The maximum Gasteiger partial charge on any atom is 0.501 e. The van der Waals surface area contributed by atoms with Crippen molar-refractivity contribution in [1.29, 1.82) is 0 Å². The van der Waals surface area contributed by atoms with Crippen LogP contribution in [0.3, 0.4) is 0 Å². The molecule has 1 unspecified atom stereocenters. The maximum atomic E-state index is 12.8. The van der Waals surface area contributed by atoms with Gasteiger partial charge in [-0.05, 0) is 44.2 Å². The molecule has 5 atom stereocenters.